The molecule has 5 nitrogen and oxygen atoms in total. The Labute approximate surface area is 142 Å². The molecule has 1 atom stereocenters. The van der Waals surface area contributed by atoms with Crippen molar-refractivity contribution in [3.63, 3.8) is 0 Å². The van der Waals surface area contributed by atoms with Crippen molar-refractivity contribution in [1.82, 2.24) is 14.8 Å². The molecule has 1 N–H and O–H groups in total. The van der Waals surface area contributed by atoms with E-state index in [1.807, 2.05) is 30.5 Å². The van der Waals surface area contributed by atoms with Gasteiger partial charge in [-0.15, -0.1) is 11.3 Å². The molecule has 2 saturated heterocycles. The third-order valence-corrected chi connectivity index (χ3v) is 6.56. The number of nitrogens with zero attached hydrogens (tertiary/aromatic N) is 3. The lowest BCUT2D eigenvalue weighted by Crippen LogP contribution is -2.64. The van der Waals surface area contributed by atoms with E-state index in [1.54, 1.807) is 18.3 Å². The van der Waals surface area contributed by atoms with E-state index in [4.69, 9.17) is 0 Å². The summed E-state index contributed by atoms with van der Waals surface area (Å²) in [6.07, 6.45) is 4.39. The number of piperidine rings is 2. The number of aliphatic hydroxyl groups excluding tert-OH is 1. The Balaban J connectivity index is 1.66. The number of rotatable bonds is 2. The molecule has 2 fully saturated rings. The summed E-state index contributed by atoms with van der Waals surface area (Å²) in [5, 5.41) is 10.6. The molecule has 1 aromatic heterocycles. The minimum absolute atomic E-state index is 0.0696. The van der Waals surface area contributed by atoms with Crippen LogP contribution in [0.25, 0.3) is 0 Å². The average molecular weight is 337 g/mol. The summed E-state index contributed by atoms with van der Waals surface area (Å²) < 4.78 is 0. The highest BCUT2D eigenvalue weighted by atomic mass is 32.1. The molecule has 2 aliphatic rings. The number of carbonyl (C=O) groups is 1. The van der Waals surface area contributed by atoms with Crippen LogP contribution in [0.1, 0.15) is 44.9 Å². The summed E-state index contributed by atoms with van der Waals surface area (Å²) >= 11 is 1.70. The van der Waals surface area contributed by atoms with E-state index in [-0.39, 0.29) is 11.3 Å². The predicted molar refractivity (Wildman–Crippen MR) is 91.1 cm³/mol. The zero-order valence-corrected chi connectivity index (χ0v) is 15.1. The van der Waals surface area contributed by atoms with Gasteiger partial charge in [-0.3, -0.25) is 14.7 Å². The maximum Gasteiger partial charge on any atom is 0.219 e. The Morgan fingerprint density at radius 3 is 2.70 bits per heavy atom. The Morgan fingerprint density at radius 2 is 2.13 bits per heavy atom. The first-order valence-corrected chi connectivity index (χ1v) is 9.26. The molecule has 1 unspecified atom stereocenters. The van der Waals surface area contributed by atoms with Crippen molar-refractivity contribution in [2.75, 3.05) is 19.6 Å². The van der Waals surface area contributed by atoms with Gasteiger partial charge in [0.25, 0.3) is 0 Å². The van der Waals surface area contributed by atoms with E-state index in [0.717, 1.165) is 45.4 Å². The van der Waals surface area contributed by atoms with Crippen LogP contribution in [-0.2, 0) is 11.3 Å². The highest BCUT2D eigenvalue weighted by Gasteiger charge is 2.50. The minimum atomic E-state index is -0.461. The van der Waals surface area contributed by atoms with Gasteiger partial charge in [0.1, 0.15) is 0 Å². The fraction of sp³-hybridized carbons (Fsp3) is 0.765. The van der Waals surface area contributed by atoms with Crippen LogP contribution in [0, 0.1) is 5.41 Å². The first-order valence-electron chi connectivity index (χ1n) is 8.38. The van der Waals surface area contributed by atoms with Gasteiger partial charge < -0.3 is 10.0 Å². The molecule has 6 heteroatoms. The lowest BCUT2D eigenvalue weighted by Gasteiger charge is -2.55. The van der Waals surface area contributed by atoms with E-state index in [2.05, 4.69) is 9.88 Å². The first kappa shape index (κ1) is 16.9. The molecule has 0 aliphatic carbocycles. The molecular formula is C17H27N3O2S. The molecule has 0 aromatic carbocycles. The van der Waals surface area contributed by atoms with E-state index >= 15 is 0 Å². The summed E-state index contributed by atoms with van der Waals surface area (Å²) in [4.78, 5) is 21.9. The van der Waals surface area contributed by atoms with Gasteiger partial charge >= 0.3 is 0 Å². The fourth-order valence-electron chi connectivity index (χ4n) is 4.05. The Bertz CT molecular complexity index is 550. The van der Waals surface area contributed by atoms with Crippen molar-refractivity contribution in [3.8, 4) is 0 Å². The number of carbonyl (C=O) groups excluding carboxylic acids is 1. The maximum absolute atomic E-state index is 12.1. The largest absolute Gasteiger partial charge is 0.391 e. The lowest BCUT2D eigenvalue weighted by atomic mass is 9.67. The number of likely N-dealkylation sites (tertiary alicyclic amines) is 2. The third kappa shape index (κ3) is 3.30. The number of aliphatic hydroxyl groups is 1. The van der Waals surface area contributed by atoms with Crippen LogP contribution < -0.4 is 0 Å². The quantitative estimate of drug-likeness (QED) is 0.898. The van der Waals surface area contributed by atoms with Gasteiger partial charge in [-0.1, -0.05) is 0 Å². The second-order valence-corrected chi connectivity index (χ2v) is 8.69. The molecule has 2 aliphatic heterocycles. The van der Waals surface area contributed by atoms with Crippen molar-refractivity contribution < 1.29 is 9.90 Å². The van der Waals surface area contributed by atoms with Crippen molar-refractivity contribution >= 4 is 17.2 Å². The Morgan fingerprint density at radius 1 is 1.43 bits per heavy atom. The smallest absolute Gasteiger partial charge is 0.219 e. The number of hydrogen-bond donors (Lipinski definition) is 1. The Hall–Kier alpha value is -0.980. The van der Waals surface area contributed by atoms with E-state index in [0.29, 0.717) is 0 Å². The zero-order valence-electron chi connectivity index (χ0n) is 14.3. The molecular weight excluding hydrogens is 310 g/mol. The first-order chi connectivity index (χ1) is 10.8. The molecule has 0 saturated carbocycles. The van der Waals surface area contributed by atoms with Gasteiger partial charge in [-0.05, 0) is 51.6 Å². The van der Waals surface area contributed by atoms with Crippen LogP contribution in [0.4, 0.5) is 0 Å². The molecule has 1 aromatic rings. The summed E-state index contributed by atoms with van der Waals surface area (Å²) in [5.41, 5.74) is 1.49. The molecule has 3 heterocycles. The molecule has 0 radical (unpaired) electrons. The fourth-order valence-corrected chi connectivity index (χ4v) is 4.68. The summed E-state index contributed by atoms with van der Waals surface area (Å²) in [5.74, 6) is 0.0696. The molecule has 3 rings (SSSR count). The molecule has 0 bridgehead atoms. The molecule has 23 heavy (non-hydrogen) atoms. The van der Waals surface area contributed by atoms with E-state index in [1.165, 1.54) is 4.88 Å². The maximum atomic E-state index is 12.1. The minimum Gasteiger partial charge on any atom is -0.391 e. The highest BCUT2D eigenvalue weighted by molar-refractivity contribution is 7.09. The monoisotopic (exact) mass is 337 g/mol. The number of thiazole rings is 1. The summed E-state index contributed by atoms with van der Waals surface area (Å²) in [6, 6.07) is 0. The topological polar surface area (TPSA) is 56.7 Å². The van der Waals surface area contributed by atoms with E-state index in [9.17, 15) is 9.90 Å². The predicted octanol–water partition coefficient (Wildman–Crippen LogP) is 2.12. The van der Waals surface area contributed by atoms with Crippen LogP contribution in [-0.4, -0.2) is 57.1 Å². The third-order valence-electron chi connectivity index (χ3n) is 5.79. The van der Waals surface area contributed by atoms with Crippen molar-refractivity contribution in [2.24, 2.45) is 5.41 Å². The number of hydrogen-bond acceptors (Lipinski definition) is 5. The summed E-state index contributed by atoms with van der Waals surface area (Å²) in [6.45, 7) is 9.36. The molecule has 1 spiro atoms. The standard InChI is InChI=1S/C17H27N3O2S/c1-13(21)20-11-17(8-15(22)16(20,2)3)4-6-19(7-5-17)10-14-9-18-12-23-14/h9,12,15,22H,4-8,10-11H2,1-3H3. The second-order valence-electron chi connectivity index (χ2n) is 7.72. The SMILES string of the molecule is CC(=O)N1CC2(CCN(Cc3cncs3)CC2)CC(O)C1(C)C. The van der Waals surface area contributed by atoms with Crippen molar-refractivity contribution in [2.45, 2.75) is 58.2 Å². The summed E-state index contributed by atoms with van der Waals surface area (Å²) in [7, 11) is 0. The van der Waals surface area contributed by atoms with Gasteiger partial charge in [-0.25, -0.2) is 0 Å². The van der Waals surface area contributed by atoms with Crippen LogP contribution in [0.5, 0.6) is 0 Å². The van der Waals surface area contributed by atoms with Gasteiger partial charge in [-0.2, -0.15) is 0 Å². The van der Waals surface area contributed by atoms with Crippen LogP contribution in [0.2, 0.25) is 0 Å². The van der Waals surface area contributed by atoms with Gasteiger partial charge in [0, 0.05) is 31.1 Å². The lowest BCUT2D eigenvalue weighted by molar-refractivity contribution is -0.157. The Kier molecular flexibility index (Phi) is 4.51. The molecule has 1 amide bonds. The molecule has 128 valence electrons. The van der Waals surface area contributed by atoms with Crippen LogP contribution in [0.15, 0.2) is 11.7 Å². The normalized spacial score (nSPS) is 27.3. The number of amides is 1. The van der Waals surface area contributed by atoms with Crippen molar-refractivity contribution in [3.05, 3.63) is 16.6 Å². The highest BCUT2D eigenvalue weighted by Crippen LogP contribution is 2.45. The van der Waals surface area contributed by atoms with Gasteiger partial charge in [0.2, 0.25) is 5.91 Å². The zero-order chi connectivity index (χ0) is 16.7. The average Bonchev–Trinajstić information content (AvgIpc) is 2.99. The van der Waals surface area contributed by atoms with Gasteiger partial charge in [0.15, 0.2) is 0 Å². The number of aromatic nitrogens is 1. The van der Waals surface area contributed by atoms with Gasteiger partial charge in [0.05, 0.1) is 17.2 Å². The van der Waals surface area contributed by atoms with Crippen LogP contribution >= 0.6 is 11.3 Å². The van der Waals surface area contributed by atoms with E-state index < -0.39 is 11.6 Å². The van der Waals surface area contributed by atoms with Crippen LogP contribution in [0.3, 0.4) is 0 Å². The second kappa shape index (κ2) is 6.15. The van der Waals surface area contributed by atoms with Crippen molar-refractivity contribution in [1.29, 1.82) is 0 Å².